The Kier molecular flexibility index (Phi) is 5.86. The van der Waals surface area contributed by atoms with Crippen molar-refractivity contribution >= 4 is 0 Å². The number of aliphatic hydroxyl groups is 1. The number of hydrogen-bond acceptors (Lipinski definition) is 3. The molecule has 0 radical (unpaired) electrons. The first-order valence-electron chi connectivity index (χ1n) is 7.03. The number of halogens is 2. The molecule has 0 aliphatic carbocycles. The largest absolute Gasteiger partial charge is 0.435 e. The molecule has 2 aromatic rings. The highest BCUT2D eigenvalue weighted by Crippen LogP contribution is 2.20. The van der Waals surface area contributed by atoms with Crippen molar-refractivity contribution in [3.8, 4) is 5.75 Å². The van der Waals surface area contributed by atoms with Gasteiger partial charge in [0, 0.05) is 13.1 Å². The summed E-state index contributed by atoms with van der Waals surface area (Å²) in [5, 5.41) is 13.3. The Morgan fingerprint density at radius 1 is 1.14 bits per heavy atom. The van der Waals surface area contributed by atoms with Crippen molar-refractivity contribution in [1.82, 2.24) is 5.32 Å². The normalized spacial score (nSPS) is 12.4. The molecule has 0 aliphatic rings. The molecule has 0 aromatic heterocycles. The number of aliphatic hydroxyl groups excluding tert-OH is 1. The van der Waals surface area contributed by atoms with E-state index in [4.69, 9.17) is 0 Å². The molecule has 0 amide bonds. The topological polar surface area (TPSA) is 41.5 Å². The Morgan fingerprint density at radius 3 is 2.64 bits per heavy atom. The number of rotatable bonds is 7. The molecule has 0 fully saturated rings. The van der Waals surface area contributed by atoms with Crippen LogP contribution in [-0.2, 0) is 6.54 Å². The molecule has 0 saturated heterocycles. The first-order valence-corrected chi connectivity index (χ1v) is 7.03. The fraction of sp³-hybridized carbons (Fsp3) is 0.294. The zero-order valence-electron chi connectivity index (χ0n) is 12.3. The third-order valence-corrected chi connectivity index (χ3v) is 3.22. The molecule has 0 spiro atoms. The molecule has 118 valence electrons. The summed E-state index contributed by atoms with van der Waals surface area (Å²) >= 11 is 0. The fourth-order valence-electron chi connectivity index (χ4n) is 2.19. The zero-order chi connectivity index (χ0) is 15.9. The molecule has 5 heteroatoms. The second-order valence-corrected chi connectivity index (χ2v) is 5.09. The van der Waals surface area contributed by atoms with Gasteiger partial charge >= 0.3 is 6.61 Å². The van der Waals surface area contributed by atoms with Gasteiger partial charge in [0.15, 0.2) is 0 Å². The summed E-state index contributed by atoms with van der Waals surface area (Å²) in [4.78, 5) is 0. The van der Waals surface area contributed by atoms with E-state index in [1.54, 1.807) is 12.1 Å². The summed E-state index contributed by atoms with van der Waals surface area (Å²) in [5.41, 5.74) is 2.84. The van der Waals surface area contributed by atoms with Crippen molar-refractivity contribution in [2.24, 2.45) is 0 Å². The maximum Gasteiger partial charge on any atom is 0.387 e. The Bertz CT molecular complexity index is 605. The maximum atomic E-state index is 12.2. The molecule has 2 rings (SSSR count). The minimum atomic E-state index is -2.87. The Balaban J connectivity index is 1.88. The van der Waals surface area contributed by atoms with Crippen molar-refractivity contribution in [3.63, 3.8) is 0 Å². The first-order chi connectivity index (χ1) is 10.5. The quantitative estimate of drug-likeness (QED) is 0.823. The second kappa shape index (κ2) is 7.87. The number of nitrogens with one attached hydrogen (secondary N) is 1. The van der Waals surface area contributed by atoms with Crippen LogP contribution in [0.3, 0.4) is 0 Å². The summed E-state index contributed by atoms with van der Waals surface area (Å²) in [6.07, 6.45) is -0.786. The second-order valence-electron chi connectivity index (χ2n) is 5.09. The summed E-state index contributed by atoms with van der Waals surface area (Å²) in [5.74, 6) is 0.0465. The van der Waals surface area contributed by atoms with Crippen LogP contribution in [0.25, 0.3) is 0 Å². The van der Waals surface area contributed by atoms with Gasteiger partial charge < -0.3 is 15.2 Å². The van der Waals surface area contributed by atoms with Gasteiger partial charge in [0.05, 0.1) is 6.10 Å². The lowest BCUT2D eigenvalue weighted by Crippen LogP contribution is -2.21. The van der Waals surface area contributed by atoms with Gasteiger partial charge in [-0.15, -0.1) is 0 Å². The van der Waals surface area contributed by atoms with Gasteiger partial charge in [-0.25, -0.2) is 0 Å². The lowest BCUT2D eigenvalue weighted by Gasteiger charge is -2.14. The SMILES string of the molecule is Cc1cccc(CNCC(O)c2cccc(OC(F)F)c2)c1. The predicted octanol–water partition coefficient (Wildman–Crippen LogP) is 3.42. The lowest BCUT2D eigenvalue weighted by molar-refractivity contribution is -0.0499. The van der Waals surface area contributed by atoms with E-state index in [2.05, 4.69) is 16.1 Å². The third kappa shape index (κ3) is 5.09. The summed E-state index contributed by atoms with van der Waals surface area (Å²) in [6.45, 7) is 0.108. The molecular weight excluding hydrogens is 288 g/mol. The van der Waals surface area contributed by atoms with E-state index in [-0.39, 0.29) is 5.75 Å². The summed E-state index contributed by atoms with van der Waals surface area (Å²) < 4.78 is 28.7. The highest BCUT2D eigenvalue weighted by Gasteiger charge is 2.10. The van der Waals surface area contributed by atoms with E-state index >= 15 is 0 Å². The number of ether oxygens (including phenoxy) is 1. The van der Waals surface area contributed by atoms with Crippen LogP contribution in [0.4, 0.5) is 8.78 Å². The van der Waals surface area contributed by atoms with E-state index in [0.29, 0.717) is 18.7 Å². The van der Waals surface area contributed by atoms with E-state index in [0.717, 1.165) is 5.56 Å². The highest BCUT2D eigenvalue weighted by molar-refractivity contribution is 5.30. The molecule has 0 aliphatic heterocycles. The van der Waals surface area contributed by atoms with Gasteiger partial charge in [0.1, 0.15) is 5.75 Å². The molecule has 1 atom stereocenters. The minimum Gasteiger partial charge on any atom is -0.435 e. The van der Waals surface area contributed by atoms with Gasteiger partial charge in [-0.1, -0.05) is 42.0 Å². The van der Waals surface area contributed by atoms with Gasteiger partial charge in [-0.2, -0.15) is 8.78 Å². The third-order valence-electron chi connectivity index (χ3n) is 3.22. The molecule has 0 saturated carbocycles. The van der Waals surface area contributed by atoms with Gasteiger partial charge in [0.25, 0.3) is 0 Å². The molecule has 2 aromatic carbocycles. The van der Waals surface area contributed by atoms with Crippen molar-refractivity contribution < 1.29 is 18.6 Å². The van der Waals surface area contributed by atoms with Crippen LogP contribution >= 0.6 is 0 Å². The standard InChI is InChI=1S/C17H19F2NO2/c1-12-4-2-5-13(8-12)10-20-11-16(21)14-6-3-7-15(9-14)22-17(18)19/h2-9,16-17,20-21H,10-11H2,1H3. The van der Waals surface area contributed by atoms with E-state index in [1.165, 1.54) is 17.7 Å². The van der Waals surface area contributed by atoms with Crippen LogP contribution in [-0.4, -0.2) is 18.3 Å². The van der Waals surface area contributed by atoms with Crippen molar-refractivity contribution in [3.05, 3.63) is 65.2 Å². The molecule has 2 N–H and O–H groups in total. The highest BCUT2D eigenvalue weighted by atomic mass is 19.3. The summed E-state index contributed by atoms with van der Waals surface area (Å²) in [6, 6.07) is 14.2. The Morgan fingerprint density at radius 2 is 1.91 bits per heavy atom. The molecule has 22 heavy (non-hydrogen) atoms. The monoisotopic (exact) mass is 307 g/mol. The predicted molar refractivity (Wildman–Crippen MR) is 80.9 cm³/mol. The molecule has 0 bridgehead atoms. The van der Waals surface area contributed by atoms with Crippen LogP contribution in [0, 0.1) is 6.92 Å². The van der Waals surface area contributed by atoms with Gasteiger partial charge in [0.2, 0.25) is 0 Å². The van der Waals surface area contributed by atoms with Crippen LogP contribution in [0.5, 0.6) is 5.75 Å². The number of aryl methyl sites for hydroxylation is 1. The zero-order valence-corrected chi connectivity index (χ0v) is 12.3. The van der Waals surface area contributed by atoms with Crippen molar-refractivity contribution in [2.45, 2.75) is 26.2 Å². The first kappa shape index (κ1) is 16.4. The lowest BCUT2D eigenvalue weighted by atomic mass is 10.1. The summed E-state index contributed by atoms with van der Waals surface area (Å²) in [7, 11) is 0. The number of alkyl halides is 2. The molecule has 0 heterocycles. The van der Waals surface area contributed by atoms with E-state index in [9.17, 15) is 13.9 Å². The average Bonchev–Trinajstić information content (AvgIpc) is 2.47. The molecule has 3 nitrogen and oxygen atoms in total. The van der Waals surface area contributed by atoms with Gasteiger partial charge in [-0.05, 0) is 30.2 Å². The fourth-order valence-corrected chi connectivity index (χ4v) is 2.19. The Hall–Kier alpha value is -1.98. The van der Waals surface area contributed by atoms with Crippen LogP contribution in [0.1, 0.15) is 22.8 Å². The number of hydrogen-bond donors (Lipinski definition) is 2. The molecule has 1 unspecified atom stereocenters. The van der Waals surface area contributed by atoms with Crippen molar-refractivity contribution in [2.75, 3.05) is 6.54 Å². The van der Waals surface area contributed by atoms with Crippen LogP contribution in [0.15, 0.2) is 48.5 Å². The maximum absolute atomic E-state index is 12.2. The van der Waals surface area contributed by atoms with Crippen LogP contribution < -0.4 is 10.1 Å². The average molecular weight is 307 g/mol. The van der Waals surface area contributed by atoms with Crippen molar-refractivity contribution in [1.29, 1.82) is 0 Å². The Labute approximate surface area is 128 Å². The van der Waals surface area contributed by atoms with Gasteiger partial charge in [-0.3, -0.25) is 0 Å². The minimum absolute atomic E-state index is 0.0465. The van der Waals surface area contributed by atoms with E-state index < -0.39 is 12.7 Å². The van der Waals surface area contributed by atoms with E-state index in [1.807, 2.05) is 25.1 Å². The van der Waals surface area contributed by atoms with Crippen LogP contribution in [0.2, 0.25) is 0 Å². The molecular formula is C17H19F2NO2. The number of benzene rings is 2. The smallest absolute Gasteiger partial charge is 0.387 e.